The first-order chi connectivity index (χ1) is 13.6. The molecule has 0 bridgehead atoms. The average molecular weight is 372 g/mol. The van der Waals surface area contributed by atoms with Crippen LogP contribution in [0, 0.1) is 0 Å². The monoisotopic (exact) mass is 372 g/mol. The Hall–Kier alpha value is -4.34. The van der Waals surface area contributed by atoms with Gasteiger partial charge in [0.1, 0.15) is 0 Å². The minimum absolute atomic E-state index is 0.0246. The number of aromatic nitrogens is 6. The molecule has 0 N–H and O–H groups in total. The van der Waals surface area contributed by atoms with Gasteiger partial charge in [-0.3, -0.25) is 29.1 Å². The number of benzene rings is 1. The lowest BCUT2D eigenvalue weighted by Gasteiger charge is -1.96. The van der Waals surface area contributed by atoms with Gasteiger partial charge in [-0.25, -0.2) is 19.1 Å². The van der Waals surface area contributed by atoms with Gasteiger partial charge < -0.3 is 0 Å². The fourth-order valence-electron chi connectivity index (χ4n) is 3.20. The smallest absolute Gasteiger partial charge is 0.267 e. The molecule has 0 amide bonds. The number of rotatable bonds is 2. The number of hydrogen-bond acceptors (Lipinski definition) is 8. The fourth-order valence-corrected chi connectivity index (χ4v) is 3.20. The van der Waals surface area contributed by atoms with E-state index in [1.807, 2.05) is 0 Å². The first-order valence-corrected chi connectivity index (χ1v) is 8.05. The third kappa shape index (κ3) is 2.02. The molecule has 0 unspecified atom stereocenters. The average Bonchev–Trinajstić information content (AvgIpc) is 3.12. The van der Waals surface area contributed by atoms with Gasteiger partial charge in [0.05, 0.1) is 33.9 Å². The molecule has 10 heteroatoms. The Balaban J connectivity index is 1.89. The van der Waals surface area contributed by atoms with Gasteiger partial charge in [0, 0.05) is 24.8 Å². The van der Waals surface area contributed by atoms with Crippen molar-refractivity contribution in [2.24, 2.45) is 0 Å². The summed E-state index contributed by atoms with van der Waals surface area (Å²) < 4.78 is 1.73. The van der Waals surface area contributed by atoms with E-state index in [0.717, 1.165) is 9.13 Å². The molecule has 5 aromatic rings. The molecule has 0 aliphatic carbocycles. The molecule has 0 saturated carbocycles. The van der Waals surface area contributed by atoms with Crippen LogP contribution < -0.4 is 22.2 Å². The Kier molecular flexibility index (Phi) is 3.16. The van der Waals surface area contributed by atoms with Crippen molar-refractivity contribution in [3.05, 3.63) is 90.7 Å². The van der Waals surface area contributed by atoms with Gasteiger partial charge in [-0.2, -0.15) is 0 Å². The van der Waals surface area contributed by atoms with Gasteiger partial charge in [0.15, 0.2) is 11.6 Å². The molecule has 0 fully saturated rings. The summed E-state index contributed by atoms with van der Waals surface area (Å²) in [5, 5.41) is 0.0983. The van der Waals surface area contributed by atoms with Crippen molar-refractivity contribution in [1.29, 1.82) is 0 Å². The van der Waals surface area contributed by atoms with E-state index in [1.165, 1.54) is 49.3 Å². The van der Waals surface area contributed by atoms with E-state index < -0.39 is 22.2 Å². The Labute approximate surface area is 153 Å². The molecule has 0 radical (unpaired) electrons. The van der Waals surface area contributed by atoms with Crippen LogP contribution in [0.3, 0.4) is 0 Å². The zero-order chi connectivity index (χ0) is 19.4. The van der Waals surface area contributed by atoms with Crippen LogP contribution >= 0.6 is 0 Å². The summed E-state index contributed by atoms with van der Waals surface area (Å²) in [5.41, 5.74) is -2.55. The number of fused-ring (bicyclic) bond motifs is 2. The predicted molar refractivity (Wildman–Crippen MR) is 98.7 cm³/mol. The molecule has 134 valence electrons. The largest absolute Gasteiger partial charge is 0.268 e. The molecule has 0 spiro atoms. The number of nitrogens with zero attached hydrogens (tertiary/aromatic N) is 6. The second kappa shape index (κ2) is 5.58. The molecule has 4 heterocycles. The second-order valence-corrected chi connectivity index (χ2v) is 5.96. The van der Waals surface area contributed by atoms with E-state index in [-0.39, 0.29) is 33.2 Å². The molecule has 0 atom stereocenters. The van der Waals surface area contributed by atoms with Gasteiger partial charge >= 0.3 is 0 Å². The van der Waals surface area contributed by atoms with Crippen molar-refractivity contribution >= 4 is 21.5 Å². The molecular formula is C18H8N6O4. The standard InChI is InChI=1S/C18H8N6O4/c25-15-9-5-11-12(18(28)24(17(11)27)14-8-20-2-4-22-14)6-10(9)16(26)23(15)13-7-19-1-3-21-13/h1-8H. The Bertz CT molecular complexity index is 1380. The predicted octanol–water partition coefficient (Wildman–Crippen LogP) is -0.529. The summed E-state index contributed by atoms with van der Waals surface area (Å²) in [7, 11) is 0. The summed E-state index contributed by atoms with van der Waals surface area (Å²) in [6, 6.07) is 2.52. The van der Waals surface area contributed by atoms with E-state index >= 15 is 0 Å². The lowest BCUT2D eigenvalue weighted by atomic mass is 10.1. The first-order valence-electron chi connectivity index (χ1n) is 8.05. The highest BCUT2D eigenvalue weighted by Crippen LogP contribution is 2.16. The first kappa shape index (κ1) is 15.9. The van der Waals surface area contributed by atoms with Crippen molar-refractivity contribution < 1.29 is 0 Å². The van der Waals surface area contributed by atoms with E-state index in [1.54, 1.807) is 0 Å². The Morgan fingerprint density at radius 1 is 0.536 bits per heavy atom. The summed E-state index contributed by atoms with van der Waals surface area (Å²) in [6.07, 6.45) is 8.08. The summed E-state index contributed by atoms with van der Waals surface area (Å²) in [5.74, 6) is 0.125. The fraction of sp³-hybridized carbons (Fsp3) is 0. The zero-order valence-corrected chi connectivity index (χ0v) is 13.9. The Morgan fingerprint density at radius 2 is 0.893 bits per heavy atom. The minimum Gasteiger partial charge on any atom is -0.268 e. The van der Waals surface area contributed by atoms with Crippen molar-refractivity contribution in [3.63, 3.8) is 0 Å². The quantitative estimate of drug-likeness (QED) is 0.404. The van der Waals surface area contributed by atoms with Crippen LogP contribution in [0.5, 0.6) is 0 Å². The lowest BCUT2D eigenvalue weighted by Crippen LogP contribution is -2.25. The Morgan fingerprint density at radius 3 is 1.18 bits per heavy atom. The molecule has 10 nitrogen and oxygen atoms in total. The van der Waals surface area contributed by atoms with Crippen LogP contribution in [0.15, 0.2) is 68.5 Å². The topological polar surface area (TPSA) is 130 Å². The molecule has 0 saturated heterocycles. The van der Waals surface area contributed by atoms with E-state index in [0.29, 0.717) is 0 Å². The van der Waals surface area contributed by atoms with Gasteiger partial charge in [-0.05, 0) is 12.1 Å². The molecule has 5 rings (SSSR count). The highest BCUT2D eigenvalue weighted by atomic mass is 16.2. The molecule has 0 aliphatic rings. The van der Waals surface area contributed by atoms with Crippen LogP contribution in [-0.4, -0.2) is 29.1 Å². The maximum Gasteiger partial charge on any atom is 0.267 e. The third-order valence-corrected chi connectivity index (χ3v) is 4.45. The summed E-state index contributed by atoms with van der Waals surface area (Å²) >= 11 is 0. The molecule has 4 aromatic heterocycles. The maximum absolute atomic E-state index is 12.8. The van der Waals surface area contributed by atoms with Gasteiger partial charge in [-0.15, -0.1) is 0 Å². The minimum atomic E-state index is -0.637. The highest BCUT2D eigenvalue weighted by molar-refractivity contribution is 5.98. The maximum atomic E-state index is 12.8. The molecule has 28 heavy (non-hydrogen) atoms. The van der Waals surface area contributed by atoms with Crippen molar-refractivity contribution in [2.75, 3.05) is 0 Å². The van der Waals surface area contributed by atoms with E-state index in [4.69, 9.17) is 0 Å². The number of hydrogen-bond donors (Lipinski definition) is 0. The molecule has 0 aliphatic heterocycles. The lowest BCUT2D eigenvalue weighted by molar-refractivity contribution is 0.921. The van der Waals surface area contributed by atoms with E-state index in [2.05, 4.69) is 19.9 Å². The third-order valence-electron chi connectivity index (χ3n) is 4.45. The van der Waals surface area contributed by atoms with Crippen molar-refractivity contribution in [2.45, 2.75) is 0 Å². The second-order valence-electron chi connectivity index (χ2n) is 5.96. The molecule has 1 aromatic carbocycles. The SMILES string of the molecule is O=c1c2cc3c(=O)n(-c4cnccn4)c(=O)c3cc2c(=O)n1-c1cnccn1. The van der Waals surface area contributed by atoms with Crippen molar-refractivity contribution in [1.82, 2.24) is 29.1 Å². The van der Waals surface area contributed by atoms with Crippen molar-refractivity contribution in [3.8, 4) is 11.6 Å². The summed E-state index contributed by atoms with van der Waals surface area (Å²) in [4.78, 5) is 66.7. The van der Waals surface area contributed by atoms with Crippen LogP contribution in [0.1, 0.15) is 0 Å². The van der Waals surface area contributed by atoms with Gasteiger partial charge in [0.2, 0.25) is 0 Å². The summed E-state index contributed by atoms with van der Waals surface area (Å²) in [6.45, 7) is 0. The zero-order valence-electron chi connectivity index (χ0n) is 13.9. The van der Waals surface area contributed by atoms with Crippen LogP contribution in [0.25, 0.3) is 33.2 Å². The van der Waals surface area contributed by atoms with Crippen LogP contribution in [-0.2, 0) is 0 Å². The molecular weight excluding hydrogens is 364 g/mol. The van der Waals surface area contributed by atoms with Gasteiger partial charge in [0.25, 0.3) is 22.2 Å². The van der Waals surface area contributed by atoms with Crippen LogP contribution in [0.2, 0.25) is 0 Å². The van der Waals surface area contributed by atoms with E-state index in [9.17, 15) is 19.2 Å². The normalized spacial score (nSPS) is 11.4. The highest BCUT2D eigenvalue weighted by Gasteiger charge is 2.21. The van der Waals surface area contributed by atoms with Gasteiger partial charge in [-0.1, -0.05) is 0 Å². The van der Waals surface area contributed by atoms with Crippen LogP contribution in [0.4, 0.5) is 0 Å².